The van der Waals surface area contributed by atoms with Crippen molar-refractivity contribution in [3.8, 4) is 5.75 Å². The Morgan fingerprint density at radius 2 is 2.12 bits per heavy atom. The van der Waals surface area contributed by atoms with Crippen molar-refractivity contribution in [1.29, 1.82) is 0 Å². The maximum atomic E-state index is 12.7. The summed E-state index contributed by atoms with van der Waals surface area (Å²) in [5.74, 6) is 1.39. The number of benzene rings is 1. The van der Waals surface area contributed by atoms with Gasteiger partial charge in [0.15, 0.2) is 0 Å². The largest absolute Gasteiger partial charge is 0.493 e. The summed E-state index contributed by atoms with van der Waals surface area (Å²) in [7, 11) is 0. The van der Waals surface area contributed by atoms with Gasteiger partial charge in [0, 0.05) is 5.56 Å². The summed E-state index contributed by atoms with van der Waals surface area (Å²) in [4.78, 5) is 14.8. The Hall–Kier alpha value is -2.05. The fraction of sp³-hybridized carbons (Fsp3) is 0.263. The number of nitrogens with zero attached hydrogens (tertiary/aromatic N) is 1. The molecular formula is C19H19NO3S2. The van der Waals surface area contributed by atoms with Gasteiger partial charge in [-0.05, 0) is 30.7 Å². The van der Waals surface area contributed by atoms with Crippen LogP contribution in [0.4, 0.5) is 0 Å². The number of furan rings is 1. The van der Waals surface area contributed by atoms with Crippen LogP contribution >= 0.6 is 24.0 Å². The summed E-state index contributed by atoms with van der Waals surface area (Å²) in [6.07, 6.45) is 5.52. The fourth-order valence-corrected chi connectivity index (χ4v) is 3.64. The van der Waals surface area contributed by atoms with E-state index in [4.69, 9.17) is 21.4 Å². The SMILES string of the molecule is CCCCOc1ccccc1C=C1SC(=S)N(Cc2ccco2)C1=O. The number of ether oxygens (including phenoxy) is 1. The van der Waals surface area contributed by atoms with Crippen LogP contribution in [-0.2, 0) is 11.3 Å². The van der Waals surface area contributed by atoms with E-state index < -0.39 is 0 Å². The van der Waals surface area contributed by atoms with Gasteiger partial charge in [0.05, 0.1) is 24.3 Å². The van der Waals surface area contributed by atoms with Crippen LogP contribution in [0.5, 0.6) is 5.75 Å². The normalized spacial score (nSPS) is 16.0. The molecule has 0 atom stereocenters. The Bertz CT molecular complexity index is 784. The Morgan fingerprint density at radius 1 is 1.28 bits per heavy atom. The molecule has 25 heavy (non-hydrogen) atoms. The minimum absolute atomic E-state index is 0.102. The van der Waals surface area contributed by atoms with Crippen molar-refractivity contribution in [2.24, 2.45) is 0 Å². The third-order valence-electron chi connectivity index (χ3n) is 3.73. The molecule has 0 saturated carbocycles. The summed E-state index contributed by atoms with van der Waals surface area (Å²) < 4.78 is 11.7. The van der Waals surface area contributed by atoms with Crippen molar-refractivity contribution in [2.45, 2.75) is 26.3 Å². The van der Waals surface area contributed by atoms with Gasteiger partial charge in [-0.1, -0.05) is 55.5 Å². The molecule has 1 saturated heterocycles. The number of hydrogen-bond acceptors (Lipinski definition) is 5. The molecule has 4 nitrogen and oxygen atoms in total. The molecule has 1 aromatic carbocycles. The van der Waals surface area contributed by atoms with Crippen molar-refractivity contribution in [2.75, 3.05) is 6.61 Å². The molecule has 1 aromatic heterocycles. The molecule has 0 aliphatic carbocycles. The molecule has 6 heteroatoms. The predicted molar refractivity (Wildman–Crippen MR) is 104 cm³/mol. The number of rotatable bonds is 7. The number of carbonyl (C=O) groups excluding carboxylic acids is 1. The lowest BCUT2D eigenvalue weighted by Gasteiger charge is -2.12. The lowest BCUT2D eigenvalue weighted by molar-refractivity contribution is -0.122. The van der Waals surface area contributed by atoms with Crippen LogP contribution in [0.1, 0.15) is 31.1 Å². The Kier molecular flexibility index (Phi) is 5.94. The lowest BCUT2D eigenvalue weighted by Crippen LogP contribution is -2.27. The zero-order valence-corrected chi connectivity index (χ0v) is 15.6. The minimum atomic E-state index is -0.102. The molecule has 0 bridgehead atoms. The van der Waals surface area contributed by atoms with Crippen molar-refractivity contribution < 1.29 is 13.9 Å². The van der Waals surface area contributed by atoms with Crippen molar-refractivity contribution >= 4 is 40.3 Å². The first kappa shape index (κ1) is 17.8. The summed E-state index contributed by atoms with van der Waals surface area (Å²) in [6.45, 7) is 3.14. The van der Waals surface area contributed by atoms with Gasteiger partial charge in [0.25, 0.3) is 5.91 Å². The topological polar surface area (TPSA) is 42.7 Å². The van der Waals surface area contributed by atoms with E-state index in [9.17, 15) is 4.79 Å². The van der Waals surface area contributed by atoms with Crippen LogP contribution < -0.4 is 4.74 Å². The highest BCUT2D eigenvalue weighted by Gasteiger charge is 2.32. The highest BCUT2D eigenvalue weighted by atomic mass is 32.2. The van der Waals surface area contributed by atoms with E-state index >= 15 is 0 Å². The van der Waals surface area contributed by atoms with E-state index in [1.54, 1.807) is 17.2 Å². The summed E-state index contributed by atoms with van der Waals surface area (Å²) in [5.41, 5.74) is 0.886. The zero-order chi connectivity index (χ0) is 17.6. The highest BCUT2D eigenvalue weighted by molar-refractivity contribution is 8.26. The highest BCUT2D eigenvalue weighted by Crippen LogP contribution is 2.35. The average Bonchev–Trinajstić information content (AvgIpc) is 3.21. The van der Waals surface area contributed by atoms with Gasteiger partial charge in [-0.15, -0.1) is 0 Å². The van der Waals surface area contributed by atoms with Crippen molar-refractivity contribution in [3.63, 3.8) is 0 Å². The second-order valence-corrected chi connectivity index (χ2v) is 7.26. The van der Waals surface area contributed by atoms with Gasteiger partial charge >= 0.3 is 0 Å². The van der Waals surface area contributed by atoms with Crippen LogP contribution in [0, 0.1) is 0 Å². The smallest absolute Gasteiger partial charge is 0.266 e. The number of thiocarbonyl (C=S) groups is 1. The quantitative estimate of drug-likeness (QED) is 0.394. The van der Waals surface area contributed by atoms with Crippen LogP contribution in [0.25, 0.3) is 6.08 Å². The average molecular weight is 373 g/mol. The fourth-order valence-electron chi connectivity index (χ4n) is 2.39. The maximum Gasteiger partial charge on any atom is 0.266 e. The first-order chi connectivity index (χ1) is 12.2. The maximum absolute atomic E-state index is 12.7. The zero-order valence-electron chi connectivity index (χ0n) is 13.9. The first-order valence-corrected chi connectivity index (χ1v) is 9.41. The molecule has 1 aliphatic heterocycles. The van der Waals surface area contributed by atoms with Gasteiger partial charge in [-0.25, -0.2) is 0 Å². The molecule has 0 unspecified atom stereocenters. The van der Waals surface area contributed by atoms with Crippen LogP contribution in [0.3, 0.4) is 0 Å². The summed E-state index contributed by atoms with van der Waals surface area (Å²) in [6, 6.07) is 11.4. The molecule has 1 amide bonds. The predicted octanol–water partition coefficient (Wildman–Crippen LogP) is 4.86. The number of unbranched alkanes of at least 4 members (excludes halogenated alkanes) is 1. The summed E-state index contributed by atoms with van der Waals surface area (Å²) in [5, 5.41) is 0. The molecule has 130 valence electrons. The van der Waals surface area contributed by atoms with Crippen molar-refractivity contribution in [3.05, 3.63) is 58.9 Å². The molecule has 1 aliphatic rings. The molecular weight excluding hydrogens is 354 g/mol. The standard InChI is InChI=1S/C19H19NO3S2/c1-2-3-10-23-16-9-5-4-7-14(16)12-17-18(21)20(19(24)25-17)13-15-8-6-11-22-15/h4-9,11-12H,2-3,10,13H2,1H3. The van der Waals surface area contributed by atoms with Crippen LogP contribution in [0.2, 0.25) is 0 Å². The second-order valence-electron chi connectivity index (χ2n) is 5.59. The van der Waals surface area contributed by atoms with Crippen LogP contribution in [0.15, 0.2) is 52.0 Å². The Balaban J connectivity index is 1.78. The third-order valence-corrected chi connectivity index (χ3v) is 5.11. The first-order valence-electron chi connectivity index (χ1n) is 8.18. The monoisotopic (exact) mass is 373 g/mol. The Morgan fingerprint density at radius 3 is 2.88 bits per heavy atom. The third kappa shape index (κ3) is 4.32. The molecule has 2 aromatic rings. The van der Waals surface area contributed by atoms with E-state index in [0.29, 0.717) is 28.1 Å². The minimum Gasteiger partial charge on any atom is -0.493 e. The van der Waals surface area contributed by atoms with E-state index in [0.717, 1.165) is 24.2 Å². The molecule has 2 heterocycles. The Labute approximate surface area is 156 Å². The number of hydrogen-bond donors (Lipinski definition) is 0. The molecule has 0 N–H and O–H groups in total. The van der Waals surface area contributed by atoms with Gasteiger partial charge in [0.1, 0.15) is 15.8 Å². The van der Waals surface area contributed by atoms with E-state index in [-0.39, 0.29) is 5.91 Å². The van der Waals surface area contributed by atoms with E-state index in [1.807, 2.05) is 36.4 Å². The second kappa shape index (κ2) is 8.36. The summed E-state index contributed by atoms with van der Waals surface area (Å²) >= 11 is 6.66. The van der Waals surface area contributed by atoms with Gasteiger partial charge < -0.3 is 9.15 Å². The van der Waals surface area contributed by atoms with Gasteiger partial charge in [-0.2, -0.15) is 0 Å². The molecule has 0 radical (unpaired) electrons. The van der Waals surface area contributed by atoms with Crippen LogP contribution in [-0.4, -0.2) is 21.7 Å². The lowest BCUT2D eigenvalue weighted by atomic mass is 10.2. The van der Waals surface area contributed by atoms with Gasteiger partial charge in [0.2, 0.25) is 0 Å². The number of carbonyl (C=O) groups is 1. The van der Waals surface area contributed by atoms with Gasteiger partial charge in [-0.3, -0.25) is 9.69 Å². The van der Waals surface area contributed by atoms with Crippen molar-refractivity contribution in [1.82, 2.24) is 4.90 Å². The number of amides is 1. The molecule has 0 spiro atoms. The number of thioether (sulfide) groups is 1. The number of para-hydroxylation sites is 1. The molecule has 3 rings (SSSR count). The molecule has 1 fully saturated rings. The van der Waals surface area contributed by atoms with E-state index in [2.05, 4.69) is 6.92 Å². The van der Waals surface area contributed by atoms with E-state index in [1.165, 1.54) is 11.8 Å².